The van der Waals surface area contributed by atoms with Gasteiger partial charge < -0.3 is 10.6 Å². The second-order valence-electron chi connectivity index (χ2n) is 4.74. The number of hydrogen-bond donors (Lipinski definition) is 1. The van der Waals surface area contributed by atoms with Gasteiger partial charge in [0, 0.05) is 24.8 Å². The number of nitrogens with zero attached hydrogens (tertiary/aromatic N) is 1. The van der Waals surface area contributed by atoms with Gasteiger partial charge in [0.1, 0.15) is 5.82 Å². The minimum Gasteiger partial charge on any atom is -0.372 e. The Kier molecular flexibility index (Phi) is 4.94. The molecule has 2 unspecified atom stereocenters. The first kappa shape index (κ1) is 14.0. The molecule has 1 aromatic carbocycles. The summed E-state index contributed by atoms with van der Waals surface area (Å²) in [4.78, 5) is 2.18. The number of rotatable bonds is 5. The van der Waals surface area contributed by atoms with Crippen molar-refractivity contribution in [3.8, 4) is 0 Å². The van der Waals surface area contributed by atoms with Gasteiger partial charge >= 0.3 is 0 Å². The molecule has 0 fully saturated rings. The quantitative estimate of drug-likeness (QED) is 0.851. The number of halogens is 1. The molecule has 2 N–H and O–H groups in total. The predicted molar refractivity (Wildman–Crippen MR) is 71.8 cm³/mol. The van der Waals surface area contributed by atoms with Crippen molar-refractivity contribution in [3.05, 3.63) is 29.6 Å². The summed E-state index contributed by atoms with van der Waals surface area (Å²) in [5, 5.41) is 0. The molecule has 2 atom stereocenters. The van der Waals surface area contributed by atoms with Crippen molar-refractivity contribution in [1.29, 1.82) is 0 Å². The molecule has 0 aliphatic rings. The third-order valence-corrected chi connectivity index (χ3v) is 3.23. The van der Waals surface area contributed by atoms with E-state index in [-0.39, 0.29) is 11.9 Å². The zero-order valence-corrected chi connectivity index (χ0v) is 11.2. The van der Waals surface area contributed by atoms with Crippen LogP contribution in [0.5, 0.6) is 0 Å². The van der Waals surface area contributed by atoms with Gasteiger partial charge in [-0.15, -0.1) is 0 Å². The molecule has 2 nitrogen and oxygen atoms in total. The Morgan fingerprint density at radius 2 is 2.00 bits per heavy atom. The van der Waals surface area contributed by atoms with E-state index < -0.39 is 0 Å². The lowest BCUT2D eigenvalue weighted by Gasteiger charge is -2.29. The van der Waals surface area contributed by atoms with Crippen molar-refractivity contribution in [3.63, 3.8) is 0 Å². The highest BCUT2D eigenvalue weighted by molar-refractivity contribution is 5.55. The van der Waals surface area contributed by atoms with Crippen molar-refractivity contribution in [2.24, 2.45) is 5.73 Å². The summed E-state index contributed by atoms with van der Waals surface area (Å²) < 4.78 is 13.2. The molecule has 0 radical (unpaired) electrons. The number of anilines is 1. The summed E-state index contributed by atoms with van der Waals surface area (Å²) in [5.41, 5.74) is 7.80. The zero-order valence-electron chi connectivity index (χ0n) is 11.2. The normalized spacial score (nSPS) is 14.5. The molecule has 17 heavy (non-hydrogen) atoms. The van der Waals surface area contributed by atoms with Crippen LogP contribution in [0.3, 0.4) is 0 Å². The lowest BCUT2D eigenvalue weighted by atomic mass is 10.0. The smallest absolute Gasteiger partial charge is 0.123 e. The van der Waals surface area contributed by atoms with E-state index >= 15 is 0 Å². The Hall–Kier alpha value is -1.09. The highest BCUT2D eigenvalue weighted by atomic mass is 19.1. The summed E-state index contributed by atoms with van der Waals surface area (Å²) in [6.45, 7) is 6.23. The maximum atomic E-state index is 13.2. The topological polar surface area (TPSA) is 29.3 Å². The second kappa shape index (κ2) is 6.01. The van der Waals surface area contributed by atoms with Gasteiger partial charge in [-0.1, -0.05) is 13.3 Å². The Bertz CT molecular complexity index is 363. The summed E-state index contributed by atoms with van der Waals surface area (Å²) in [7, 11) is 2.04. The molecule has 0 heterocycles. The summed E-state index contributed by atoms with van der Waals surface area (Å²) in [6, 6.07) is 5.13. The van der Waals surface area contributed by atoms with Crippen LogP contribution >= 0.6 is 0 Å². The average molecular weight is 238 g/mol. The van der Waals surface area contributed by atoms with Gasteiger partial charge in [-0.05, 0) is 44.0 Å². The minimum atomic E-state index is -0.224. The van der Waals surface area contributed by atoms with E-state index in [2.05, 4.69) is 18.7 Å². The molecule has 0 amide bonds. The Morgan fingerprint density at radius 1 is 1.35 bits per heavy atom. The molecular formula is C14H23FN2. The van der Waals surface area contributed by atoms with Gasteiger partial charge in [-0.25, -0.2) is 4.39 Å². The fraction of sp³-hybridized carbons (Fsp3) is 0.571. The van der Waals surface area contributed by atoms with E-state index in [1.54, 1.807) is 0 Å². The van der Waals surface area contributed by atoms with Gasteiger partial charge in [-0.3, -0.25) is 0 Å². The third kappa shape index (κ3) is 3.43. The van der Waals surface area contributed by atoms with Crippen LogP contribution in [0.15, 0.2) is 18.2 Å². The molecule has 96 valence electrons. The van der Waals surface area contributed by atoms with Crippen molar-refractivity contribution in [2.75, 3.05) is 11.9 Å². The van der Waals surface area contributed by atoms with E-state index in [9.17, 15) is 4.39 Å². The standard InChI is InChI=1S/C14H23FN2/c1-5-6-10(2)17(4)14-8-7-12(15)9-13(14)11(3)16/h7-11H,5-6,16H2,1-4H3. The number of hydrogen-bond acceptors (Lipinski definition) is 2. The minimum absolute atomic E-state index is 0.156. The monoisotopic (exact) mass is 238 g/mol. The molecule has 0 aliphatic heterocycles. The summed E-state index contributed by atoms with van der Waals surface area (Å²) >= 11 is 0. The van der Waals surface area contributed by atoms with E-state index in [1.807, 2.05) is 20.0 Å². The molecule has 0 saturated carbocycles. The largest absolute Gasteiger partial charge is 0.372 e. The van der Waals surface area contributed by atoms with Crippen LogP contribution in [-0.2, 0) is 0 Å². The predicted octanol–water partition coefficient (Wildman–Crippen LogP) is 3.47. The first-order valence-electron chi connectivity index (χ1n) is 6.25. The average Bonchev–Trinajstić information content (AvgIpc) is 2.28. The fourth-order valence-corrected chi connectivity index (χ4v) is 2.06. The molecular weight excluding hydrogens is 215 g/mol. The summed E-state index contributed by atoms with van der Waals surface area (Å²) in [6.07, 6.45) is 2.26. The molecule has 3 heteroatoms. The molecule has 1 aromatic rings. The maximum absolute atomic E-state index is 13.2. The van der Waals surface area contributed by atoms with Gasteiger partial charge in [0.2, 0.25) is 0 Å². The molecule has 0 spiro atoms. The van der Waals surface area contributed by atoms with E-state index in [4.69, 9.17) is 5.73 Å². The van der Waals surface area contributed by atoms with Crippen molar-refractivity contribution < 1.29 is 4.39 Å². The zero-order chi connectivity index (χ0) is 13.0. The fourth-order valence-electron chi connectivity index (χ4n) is 2.06. The molecule has 1 rings (SSSR count). The molecule has 0 bridgehead atoms. The Morgan fingerprint density at radius 3 is 2.53 bits per heavy atom. The highest BCUT2D eigenvalue weighted by Crippen LogP contribution is 2.27. The van der Waals surface area contributed by atoms with Crippen molar-refractivity contribution in [2.45, 2.75) is 45.7 Å². The van der Waals surface area contributed by atoms with Crippen molar-refractivity contribution in [1.82, 2.24) is 0 Å². The first-order valence-corrected chi connectivity index (χ1v) is 6.25. The van der Waals surface area contributed by atoms with Crippen LogP contribution in [0, 0.1) is 5.82 Å². The first-order chi connectivity index (χ1) is 7.97. The van der Waals surface area contributed by atoms with Gasteiger partial charge in [0.05, 0.1) is 0 Å². The lowest BCUT2D eigenvalue weighted by Crippen LogP contribution is -2.30. The maximum Gasteiger partial charge on any atom is 0.123 e. The number of benzene rings is 1. The van der Waals surface area contributed by atoms with Gasteiger partial charge in [-0.2, -0.15) is 0 Å². The highest BCUT2D eigenvalue weighted by Gasteiger charge is 2.15. The van der Waals surface area contributed by atoms with Crippen LogP contribution in [0.25, 0.3) is 0 Å². The van der Waals surface area contributed by atoms with Crippen molar-refractivity contribution >= 4 is 5.69 Å². The second-order valence-corrected chi connectivity index (χ2v) is 4.74. The number of nitrogens with two attached hydrogens (primary N) is 1. The molecule has 0 saturated heterocycles. The van der Waals surface area contributed by atoms with Crippen LogP contribution in [0.2, 0.25) is 0 Å². The van der Waals surface area contributed by atoms with Gasteiger partial charge in [0.15, 0.2) is 0 Å². The summed E-state index contributed by atoms with van der Waals surface area (Å²) in [5.74, 6) is -0.224. The van der Waals surface area contributed by atoms with Crippen LogP contribution in [0.1, 0.15) is 45.2 Å². The van der Waals surface area contributed by atoms with E-state index in [0.29, 0.717) is 6.04 Å². The lowest BCUT2D eigenvalue weighted by molar-refractivity contribution is 0.603. The van der Waals surface area contributed by atoms with E-state index in [0.717, 1.165) is 24.1 Å². The van der Waals surface area contributed by atoms with Crippen LogP contribution < -0.4 is 10.6 Å². The third-order valence-electron chi connectivity index (χ3n) is 3.23. The molecule has 0 aliphatic carbocycles. The SMILES string of the molecule is CCCC(C)N(C)c1ccc(F)cc1C(C)N. The van der Waals surface area contributed by atoms with Gasteiger partial charge in [0.25, 0.3) is 0 Å². The molecule has 0 aromatic heterocycles. The Balaban J connectivity index is 3.03. The van der Waals surface area contributed by atoms with Crippen LogP contribution in [-0.4, -0.2) is 13.1 Å². The van der Waals surface area contributed by atoms with E-state index in [1.165, 1.54) is 12.1 Å². The Labute approximate surface area is 104 Å². The van der Waals surface area contributed by atoms with Crippen LogP contribution in [0.4, 0.5) is 10.1 Å².